The molecule has 0 spiro atoms. The predicted octanol–water partition coefficient (Wildman–Crippen LogP) is 2.85. The minimum Gasteiger partial charge on any atom is -0.340 e. The summed E-state index contributed by atoms with van der Waals surface area (Å²) in [6, 6.07) is 8.49. The van der Waals surface area contributed by atoms with Crippen molar-refractivity contribution >= 4 is 17.7 Å². The average Bonchev–Trinajstić information content (AvgIpc) is 2.47. The highest BCUT2D eigenvalue weighted by Crippen LogP contribution is 2.19. The Morgan fingerprint density at radius 1 is 1.45 bits per heavy atom. The molecule has 4 heteroatoms. The molecule has 0 aliphatic carbocycles. The topological polar surface area (TPSA) is 23.6 Å². The zero-order valence-corrected chi connectivity index (χ0v) is 13.4. The lowest BCUT2D eigenvalue weighted by atomic mass is 10.0. The molecule has 1 fully saturated rings. The van der Waals surface area contributed by atoms with Crippen LogP contribution in [0, 0.1) is 0 Å². The van der Waals surface area contributed by atoms with Crippen LogP contribution < -0.4 is 0 Å². The molecule has 20 heavy (non-hydrogen) atoms. The number of nitrogens with zero attached hydrogens (tertiary/aromatic N) is 2. The molecule has 1 saturated heterocycles. The number of thioether (sulfide) groups is 1. The molecule has 1 atom stereocenters. The van der Waals surface area contributed by atoms with Crippen LogP contribution in [0.25, 0.3) is 0 Å². The monoisotopic (exact) mass is 292 g/mol. The molecular formula is C16H24N2OS. The second-order valence-electron chi connectivity index (χ2n) is 5.54. The van der Waals surface area contributed by atoms with Gasteiger partial charge in [-0.05, 0) is 50.4 Å². The number of benzene rings is 1. The largest absolute Gasteiger partial charge is 0.340 e. The second-order valence-corrected chi connectivity index (χ2v) is 6.42. The Bertz CT molecular complexity index is 464. The Balaban J connectivity index is 1.99. The normalized spacial score (nSPS) is 19.9. The first-order valence-corrected chi connectivity index (χ1v) is 8.42. The van der Waals surface area contributed by atoms with E-state index in [1.807, 2.05) is 11.9 Å². The molecule has 2 rings (SSSR count). The minimum absolute atomic E-state index is 0.0671. The second kappa shape index (κ2) is 7.14. The zero-order valence-electron chi connectivity index (χ0n) is 12.6. The highest BCUT2D eigenvalue weighted by atomic mass is 32.2. The summed E-state index contributed by atoms with van der Waals surface area (Å²) in [4.78, 5) is 17.9. The van der Waals surface area contributed by atoms with Gasteiger partial charge in [-0.3, -0.25) is 9.69 Å². The van der Waals surface area contributed by atoms with Crippen molar-refractivity contribution in [2.45, 2.75) is 36.7 Å². The zero-order chi connectivity index (χ0) is 14.5. The van der Waals surface area contributed by atoms with Crippen LogP contribution in [0.4, 0.5) is 0 Å². The molecule has 0 N–H and O–H groups in total. The van der Waals surface area contributed by atoms with Gasteiger partial charge in [0.15, 0.2) is 0 Å². The molecule has 1 heterocycles. The molecule has 0 bridgehead atoms. The van der Waals surface area contributed by atoms with Gasteiger partial charge >= 0.3 is 0 Å². The van der Waals surface area contributed by atoms with Crippen molar-refractivity contribution in [1.82, 2.24) is 9.80 Å². The summed E-state index contributed by atoms with van der Waals surface area (Å²) >= 11 is 1.74. The molecule has 1 aromatic carbocycles. The molecule has 1 amide bonds. The molecule has 3 nitrogen and oxygen atoms in total. The SMILES string of the molecule is CSc1cccc(CN(C)C(=O)[C@@H]2CCCCN2C)c1. The summed E-state index contributed by atoms with van der Waals surface area (Å²) in [5.41, 5.74) is 1.20. The number of carbonyl (C=O) groups excluding carboxylic acids is 1. The summed E-state index contributed by atoms with van der Waals surface area (Å²) in [6.45, 7) is 1.73. The van der Waals surface area contributed by atoms with Gasteiger partial charge in [0.1, 0.15) is 0 Å². The van der Waals surface area contributed by atoms with Crippen molar-refractivity contribution in [2.75, 3.05) is 26.9 Å². The number of carbonyl (C=O) groups is 1. The number of hydrogen-bond acceptors (Lipinski definition) is 3. The molecular weight excluding hydrogens is 268 g/mol. The van der Waals surface area contributed by atoms with E-state index >= 15 is 0 Å². The Morgan fingerprint density at radius 2 is 2.25 bits per heavy atom. The highest BCUT2D eigenvalue weighted by molar-refractivity contribution is 7.98. The van der Waals surface area contributed by atoms with E-state index in [4.69, 9.17) is 0 Å². The fraction of sp³-hybridized carbons (Fsp3) is 0.562. The van der Waals surface area contributed by atoms with E-state index < -0.39 is 0 Å². The van der Waals surface area contributed by atoms with Crippen LogP contribution in [-0.2, 0) is 11.3 Å². The first-order valence-electron chi connectivity index (χ1n) is 7.20. The third-order valence-electron chi connectivity index (χ3n) is 3.99. The first kappa shape index (κ1) is 15.4. The molecule has 1 aromatic rings. The Hall–Kier alpha value is -1.00. The van der Waals surface area contributed by atoms with Gasteiger partial charge in [0.05, 0.1) is 6.04 Å². The van der Waals surface area contributed by atoms with Crippen LogP contribution in [0.5, 0.6) is 0 Å². The van der Waals surface area contributed by atoms with Crippen LogP contribution in [0.1, 0.15) is 24.8 Å². The van der Waals surface area contributed by atoms with Gasteiger partial charge in [-0.1, -0.05) is 18.6 Å². The van der Waals surface area contributed by atoms with E-state index in [1.165, 1.54) is 16.9 Å². The third-order valence-corrected chi connectivity index (χ3v) is 4.71. The summed E-state index contributed by atoms with van der Waals surface area (Å²) in [5.74, 6) is 0.252. The number of amides is 1. The van der Waals surface area contributed by atoms with Crippen LogP contribution >= 0.6 is 11.8 Å². The Morgan fingerprint density at radius 3 is 2.95 bits per heavy atom. The van der Waals surface area contributed by atoms with Gasteiger partial charge in [-0.25, -0.2) is 0 Å². The fourth-order valence-corrected chi connectivity index (χ4v) is 3.25. The smallest absolute Gasteiger partial charge is 0.239 e. The predicted molar refractivity (Wildman–Crippen MR) is 85.0 cm³/mol. The molecule has 1 aliphatic rings. The van der Waals surface area contributed by atoms with Crippen molar-refractivity contribution in [2.24, 2.45) is 0 Å². The number of hydrogen-bond donors (Lipinski definition) is 0. The molecule has 1 aliphatic heterocycles. The van der Waals surface area contributed by atoms with E-state index in [0.29, 0.717) is 6.54 Å². The fourth-order valence-electron chi connectivity index (χ4n) is 2.76. The van der Waals surface area contributed by atoms with Crippen LogP contribution in [0.3, 0.4) is 0 Å². The Kier molecular flexibility index (Phi) is 5.49. The maximum Gasteiger partial charge on any atom is 0.239 e. The van der Waals surface area contributed by atoms with Gasteiger partial charge in [-0.15, -0.1) is 11.8 Å². The lowest BCUT2D eigenvalue weighted by Crippen LogP contribution is -2.47. The lowest BCUT2D eigenvalue weighted by Gasteiger charge is -2.34. The minimum atomic E-state index is 0.0671. The maximum atomic E-state index is 12.5. The first-order chi connectivity index (χ1) is 9.61. The Labute approximate surface area is 126 Å². The number of piperidine rings is 1. The summed E-state index contributed by atoms with van der Waals surface area (Å²) < 4.78 is 0. The number of likely N-dealkylation sites (N-methyl/N-ethyl adjacent to an activating group) is 2. The standard InChI is InChI=1S/C16H24N2OS/c1-17-10-5-4-9-15(17)16(19)18(2)12-13-7-6-8-14(11-13)20-3/h6-8,11,15H,4-5,9-10,12H2,1-3H3/t15-/m0/s1. The summed E-state index contributed by atoms with van der Waals surface area (Å²) in [6.07, 6.45) is 5.44. The van der Waals surface area contributed by atoms with E-state index in [-0.39, 0.29) is 11.9 Å². The molecule has 0 saturated carbocycles. The number of likely N-dealkylation sites (tertiary alicyclic amines) is 1. The van der Waals surface area contributed by atoms with Crippen LogP contribution in [-0.4, -0.2) is 48.6 Å². The third kappa shape index (κ3) is 3.76. The van der Waals surface area contributed by atoms with Crippen LogP contribution in [0.2, 0.25) is 0 Å². The molecule has 0 aromatic heterocycles. The van der Waals surface area contributed by atoms with E-state index in [0.717, 1.165) is 19.4 Å². The van der Waals surface area contributed by atoms with Gasteiger partial charge in [0, 0.05) is 18.5 Å². The lowest BCUT2D eigenvalue weighted by molar-refractivity contribution is -0.136. The quantitative estimate of drug-likeness (QED) is 0.797. The van der Waals surface area contributed by atoms with Crippen molar-refractivity contribution < 1.29 is 4.79 Å². The van der Waals surface area contributed by atoms with Crippen molar-refractivity contribution in [3.8, 4) is 0 Å². The van der Waals surface area contributed by atoms with Gasteiger partial charge in [0.25, 0.3) is 0 Å². The van der Waals surface area contributed by atoms with E-state index in [9.17, 15) is 4.79 Å². The van der Waals surface area contributed by atoms with Crippen molar-refractivity contribution in [3.05, 3.63) is 29.8 Å². The molecule has 110 valence electrons. The van der Waals surface area contributed by atoms with Crippen molar-refractivity contribution in [3.63, 3.8) is 0 Å². The summed E-state index contributed by atoms with van der Waals surface area (Å²) in [7, 11) is 3.97. The summed E-state index contributed by atoms with van der Waals surface area (Å²) in [5, 5.41) is 0. The van der Waals surface area contributed by atoms with E-state index in [2.05, 4.69) is 42.5 Å². The number of rotatable bonds is 4. The highest BCUT2D eigenvalue weighted by Gasteiger charge is 2.28. The maximum absolute atomic E-state index is 12.5. The van der Waals surface area contributed by atoms with E-state index in [1.54, 1.807) is 11.8 Å². The van der Waals surface area contributed by atoms with Crippen molar-refractivity contribution in [1.29, 1.82) is 0 Å². The van der Waals surface area contributed by atoms with Crippen LogP contribution in [0.15, 0.2) is 29.2 Å². The molecule has 0 radical (unpaired) electrons. The van der Waals surface area contributed by atoms with Gasteiger partial charge in [0.2, 0.25) is 5.91 Å². The average molecular weight is 292 g/mol. The van der Waals surface area contributed by atoms with Gasteiger partial charge < -0.3 is 4.90 Å². The molecule has 0 unspecified atom stereocenters. The van der Waals surface area contributed by atoms with Gasteiger partial charge in [-0.2, -0.15) is 0 Å².